The molecule has 0 radical (unpaired) electrons. The number of carbonyl (C=O) groups is 2. The van der Waals surface area contributed by atoms with Crippen LogP contribution in [-0.4, -0.2) is 51.0 Å². The van der Waals surface area contributed by atoms with Crippen LogP contribution in [0.5, 0.6) is 0 Å². The van der Waals surface area contributed by atoms with E-state index in [9.17, 15) is 18.0 Å². The highest BCUT2D eigenvalue weighted by Crippen LogP contribution is 2.27. The lowest BCUT2D eigenvalue weighted by molar-refractivity contribution is -0.139. The Morgan fingerprint density at radius 2 is 1.60 bits per heavy atom. The van der Waals surface area contributed by atoms with Gasteiger partial charge in [-0.15, -0.1) is 0 Å². The van der Waals surface area contributed by atoms with Gasteiger partial charge in [0.05, 0.1) is 17.0 Å². The molecule has 0 spiro atoms. The van der Waals surface area contributed by atoms with Gasteiger partial charge in [-0.1, -0.05) is 53.5 Å². The van der Waals surface area contributed by atoms with Crippen molar-refractivity contribution in [2.45, 2.75) is 19.5 Å². The summed E-state index contributed by atoms with van der Waals surface area (Å²) in [6.07, 6.45) is 0.990. The Bertz CT molecular complexity index is 1030. The van der Waals surface area contributed by atoms with Gasteiger partial charge in [0.15, 0.2) is 0 Å². The molecule has 162 valence electrons. The number of hydrogen-bond donors (Lipinski definition) is 1. The minimum atomic E-state index is -3.83. The second-order valence-corrected chi connectivity index (χ2v) is 9.35. The van der Waals surface area contributed by atoms with Crippen LogP contribution in [0, 0.1) is 0 Å². The van der Waals surface area contributed by atoms with E-state index >= 15 is 0 Å². The number of para-hydroxylation sites is 1. The molecule has 2 aromatic carbocycles. The van der Waals surface area contributed by atoms with Crippen molar-refractivity contribution in [1.82, 2.24) is 10.2 Å². The standard InChI is InChI=1S/C20H23Cl2N3O4S/c1-14(20(27)23-2)24(12-15-8-4-5-9-16(15)21)19(26)13-25(30(3,28)29)18-11-7-6-10-17(18)22/h4-11,14H,12-13H2,1-3H3,(H,23,27). The predicted molar refractivity (Wildman–Crippen MR) is 119 cm³/mol. The summed E-state index contributed by atoms with van der Waals surface area (Å²) in [5.41, 5.74) is 0.812. The average Bonchev–Trinajstić information content (AvgIpc) is 2.70. The fourth-order valence-corrected chi connectivity index (χ4v) is 4.20. The Balaban J connectivity index is 2.41. The second-order valence-electron chi connectivity index (χ2n) is 6.62. The summed E-state index contributed by atoms with van der Waals surface area (Å²) in [5, 5.41) is 3.13. The van der Waals surface area contributed by atoms with Crippen LogP contribution >= 0.6 is 23.2 Å². The molecule has 0 aromatic heterocycles. The number of rotatable bonds is 8. The van der Waals surface area contributed by atoms with E-state index in [2.05, 4.69) is 5.32 Å². The van der Waals surface area contributed by atoms with E-state index < -0.39 is 28.5 Å². The first-order chi connectivity index (χ1) is 14.1. The number of nitrogens with zero attached hydrogens (tertiary/aromatic N) is 2. The van der Waals surface area contributed by atoms with E-state index in [4.69, 9.17) is 23.2 Å². The lowest BCUT2D eigenvalue weighted by Crippen LogP contribution is -2.50. The molecule has 0 bridgehead atoms. The third-order valence-corrected chi connectivity index (χ3v) is 6.33. The van der Waals surface area contributed by atoms with Crippen LogP contribution in [0.25, 0.3) is 0 Å². The van der Waals surface area contributed by atoms with E-state index in [0.717, 1.165) is 10.6 Å². The maximum Gasteiger partial charge on any atom is 0.244 e. The van der Waals surface area contributed by atoms with Gasteiger partial charge in [-0.25, -0.2) is 8.42 Å². The van der Waals surface area contributed by atoms with E-state index in [-0.39, 0.29) is 23.2 Å². The van der Waals surface area contributed by atoms with Gasteiger partial charge in [0.2, 0.25) is 21.8 Å². The molecule has 0 saturated carbocycles. The Hall–Kier alpha value is -2.29. The van der Waals surface area contributed by atoms with Crippen molar-refractivity contribution < 1.29 is 18.0 Å². The fraction of sp³-hybridized carbons (Fsp3) is 0.300. The highest BCUT2D eigenvalue weighted by Gasteiger charge is 2.30. The second kappa shape index (κ2) is 10.1. The summed E-state index contributed by atoms with van der Waals surface area (Å²) in [5.74, 6) is -0.963. The number of sulfonamides is 1. The molecule has 10 heteroatoms. The fourth-order valence-electron chi connectivity index (χ4n) is 2.85. The van der Waals surface area contributed by atoms with Crippen LogP contribution in [0.3, 0.4) is 0 Å². The molecule has 0 saturated heterocycles. The first kappa shape index (κ1) is 24.0. The summed E-state index contributed by atoms with van der Waals surface area (Å²) in [6.45, 7) is 1.08. The van der Waals surface area contributed by atoms with Gasteiger partial charge in [0.25, 0.3) is 0 Å². The SMILES string of the molecule is CNC(=O)C(C)N(Cc1ccccc1Cl)C(=O)CN(c1ccccc1Cl)S(C)(=O)=O. The van der Waals surface area contributed by atoms with Crippen molar-refractivity contribution in [2.75, 3.05) is 24.2 Å². The van der Waals surface area contributed by atoms with Crippen LogP contribution in [0.1, 0.15) is 12.5 Å². The normalized spacial score (nSPS) is 12.2. The molecular formula is C20H23Cl2N3O4S. The predicted octanol–water partition coefficient (Wildman–Crippen LogP) is 2.92. The third kappa shape index (κ3) is 5.87. The van der Waals surface area contributed by atoms with Gasteiger partial charge in [-0.3, -0.25) is 13.9 Å². The number of carbonyl (C=O) groups excluding carboxylic acids is 2. The monoisotopic (exact) mass is 471 g/mol. The summed E-state index contributed by atoms with van der Waals surface area (Å²) in [6, 6.07) is 12.4. The van der Waals surface area contributed by atoms with Crippen LogP contribution in [-0.2, 0) is 26.2 Å². The van der Waals surface area contributed by atoms with Gasteiger partial charge in [-0.05, 0) is 30.7 Å². The Labute approximate surface area is 186 Å². The van der Waals surface area contributed by atoms with Crippen LogP contribution in [0.2, 0.25) is 10.0 Å². The van der Waals surface area contributed by atoms with Gasteiger partial charge in [0.1, 0.15) is 12.6 Å². The zero-order valence-electron chi connectivity index (χ0n) is 16.8. The quantitative estimate of drug-likeness (QED) is 0.640. The third-order valence-electron chi connectivity index (χ3n) is 4.51. The number of anilines is 1. The number of amides is 2. The van der Waals surface area contributed by atoms with E-state index in [1.807, 2.05) is 0 Å². The molecule has 30 heavy (non-hydrogen) atoms. The minimum absolute atomic E-state index is 0.0349. The Morgan fingerprint density at radius 1 is 1.03 bits per heavy atom. The van der Waals surface area contributed by atoms with Crippen molar-refractivity contribution >= 4 is 50.7 Å². The first-order valence-electron chi connectivity index (χ1n) is 9.03. The lowest BCUT2D eigenvalue weighted by Gasteiger charge is -2.31. The summed E-state index contributed by atoms with van der Waals surface area (Å²) < 4.78 is 25.7. The van der Waals surface area contributed by atoms with Crippen LogP contribution in [0.15, 0.2) is 48.5 Å². The van der Waals surface area contributed by atoms with E-state index in [1.165, 1.54) is 24.1 Å². The average molecular weight is 472 g/mol. The molecule has 2 aromatic rings. The number of hydrogen-bond acceptors (Lipinski definition) is 4. The molecule has 2 amide bonds. The van der Waals surface area contributed by atoms with E-state index in [1.54, 1.807) is 43.3 Å². The van der Waals surface area contributed by atoms with Crippen molar-refractivity contribution in [3.05, 3.63) is 64.1 Å². The molecule has 0 fully saturated rings. The highest BCUT2D eigenvalue weighted by molar-refractivity contribution is 7.92. The first-order valence-corrected chi connectivity index (χ1v) is 11.6. The topological polar surface area (TPSA) is 86.8 Å². The summed E-state index contributed by atoms with van der Waals surface area (Å²) in [7, 11) is -2.36. The van der Waals surface area contributed by atoms with Crippen molar-refractivity contribution in [1.29, 1.82) is 0 Å². The molecule has 1 N–H and O–H groups in total. The number of likely N-dealkylation sites (N-methyl/N-ethyl adjacent to an activating group) is 1. The smallest absolute Gasteiger partial charge is 0.244 e. The lowest BCUT2D eigenvalue weighted by atomic mass is 10.1. The van der Waals surface area contributed by atoms with Gasteiger partial charge in [-0.2, -0.15) is 0 Å². The molecule has 0 heterocycles. The molecule has 2 rings (SSSR count). The number of halogens is 2. The van der Waals surface area contributed by atoms with Gasteiger partial charge in [0, 0.05) is 18.6 Å². The molecule has 1 atom stereocenters. The van der Waals surface area contributed by atoms with Gasteiger partial charge >= 0.3 is 0 Å². The number of nitrogens with one attached hydrogen (secondary N) is 1. The van der Waals surface area contributed by atoms with E-state index in [0.29, 0.717) is 10.6 Å². The molecule has 0 aliphatic rings. The molecule has 7 nitrogen and oxygen atoms in total. The Kier molecular flexibility index (Phi) is 8.11. The maximum absolute atomic E-state index is 13.2. The van der Waals surface area contributed by atoms with Crippen molar-refractivity contribution in [2.24, 2.45) is 0 Å². The van der Waals surface area contributed by atoms with Crippen molar-refractivity contribution in [3.63, 3.8) is 0 Å². The molecular weight excluding hydrogens is 449 g/mol. The van der Waals surface area contributed by atoms with Crippen molar-refractivity contribution in [3.8, 4) is 0 Å². The van der Waals surface area contributed by atoms with Gasteiger partial charge < -0.3 is 10.2 Å². The molecule has 0 aliphatic carbocycles. The zero-order chi connectivity index (χ0) is 22.5. The highest BCUT2D eigenvalue weighted by atomic mass is 35.5. The van der Waals surface area contributed by atoms with Crippen LogP contribution in [0.4, 0.5) is 5.69 Å². The summed E-state index contributed by atoms with van der Waals surface area (Å²) in [4.78, 5) is 26.8. The Morgan fingerprint density at radius 3 is 2.13 bits per heavy atom. The summed E-state index contributed by atoms with van der Waals surface area (Å²) >= 11 is 12.4. The molecule has 0 aliphatic heterocycles. The maximum atomic E-state index is 13.2. The number of benzene rings is 2. The largest absolute Gasteiger partial charge is 0.357 e. The molecule has 1 unspecified atom stereocenters. The zero-order valence-corrected chi connectivity index (χ0v) is 19.1. The minimum Gasteiger partial charge on any atom is -0.357 e. The van der Waals surface area contributed by atoms with Crippen LogP contribution < -0.4 is 9.62 Å².